The van der Waals surface area contributed by atoms with Gasteiger partial charge in [-0.1, -0.05) is 12.1 Å². The summed E-state index contributed by atoms with van der Waals surface area (Å²) < 4.78 is 0. The van der Waals surface area contributed by atoms with Gasteiger partial charge in [0.1, 0.15) is 29.6 Å². The van der Waals surface area contributed by atoms with Gasteiger partial charge in [-0.05, 0) is 60.4 Å². The van der Waals surface area contributed by atoms with Gasteiger partial charge in [-0.15, -0.1) is 0 Å². The second-order valence-corrected chi connectivity index (χ2v) is 7.87. The van der Waals surface area contributed by atoms with Crippen molar-refractivity contribution in [2.75, 3.05) is 6.54 Å². The normalized spacial score (nSPS) is 21.5. The van der Waals surface area contributed by atoms with Crippen molar-refractivity contribution in [3.05, 3.63) is 63.7 Å². The van der Waals surface area contributed by atoms with Crippen LogP contribution in [0.2, 0.25) is 0 Å². The van der Waals surface area contributed by atoms with E-state index in [0.717, 1.165) is 24.5 Å². The lowest BCUT2D eigenvalue weighted by Crippen LogP contribution is -2.55. The van der Waals surface area contributed by atoms with Crippen molar-refractivity contribution in [3.8, 4) is 5.75 Å². The molecule has 0 bridgehead atoms. The van der Waals surface area contributed by atoms with E-state index in [2.05, 4.69) is 56.5 Å². The van der Waals surface area contributed by atoms with Gasteiger partial charge in [-0.25, -0.2) is 4.99 Å². The minimum absolute atomic E-state index is 0.0455. The van der Waals surface area contributed by atoms with E-state index in [1.807, 2.05) is 18.5 Å². The molecule has 27 heavy (non-hydrogen) atoms. The summed E-state index contributed by atoms with van der Waals surface area (Å²) >= 11 is 1.70. The Balaban J connectivity index is 1.50. The molecule has 2 aliphatic heterocycles. The smallest absolute Gasteiger partial charge is 0.130 e. The molecular weight excluding hydrogens is 358 g/mol. The lowest BCUT2D eigenvalue weighted by Gasteiger charge is -2.38. The summed E-state index contributed by atoms with van der Waals surface area (Å²) in [6.07, 6.45) is 2.91. The van der Waals surface area contributed by atoms with Crippen LogP contribution in [-0.4, -0.2) is 35.1 Å². The van der Waals surface area contributed by atoms with Crippen molar-refractivity contribution in [2.45, 2.75) is 38.6 Å². The summed E-state index contributed by atoms with van der Waals surface area (Å²) in [6, 6.07) is 9.87. The predicted molar refractivity (Wildman–Crippen MR) is 109 cm³/mol. The number of phenols is 1. The Hall–Kier alpha value is -2.51. The molecule has 0 aliphatic carbocycles. The molecule has 7 heteroatoms. The third kappa shape index (κ3) is 3.79. The van der Waals surface area contributed by atoms with E-state index >= 15 is 0 Å². The van der Waals surface area contributed by atoms with Crippen LogP contribution in [0, 0.1) is 0 Å². The molecule has 2 unspecified atom stereocenters. The standard InChI is InChI=1S/C20H25N5OS/c1-13(2)25-12-22-17-19(21-9-7-14-3-5-16(26)6-4-14)23-18(24-20(17)25)15-8-10-27-11-15/h3-6,8,10-13,18,20-21,23-24,26H,7,9H2,1-2H3. The molecule has 2 aromatic rings. The highest BCUT2D eigenvalue weighted by atomic mass is 32.1. The maximum Gasteiger partial charge on any atom is 0.130 e. The van der Waals surface area contributed by atoms with E-state index in [0.29, 0.717) is 11.8 Å². The molecule has 0 radical (unpaired) electrons. The topological polar surface area (TPSA) is 71.9 Å². The number of nitrogens with one attached hydrogen (secondary N) is 3. The van der Waals surface area contributed by atoms with E-state index < -0.39 is 0 Å². The van der Waals surface area contributed by atoms with Crippen molar-refractivity contribution < 1.29 is 5.11 Å². The molecule has 0 saturated carbocycles. The van der Waals surface area contributed by atoms with Gasteiger partial charge in [-0.3, -0.25) is 5.32 Å². The molecule has 2 atom stereocenters. The second-order valence-electron chi connectivity index (χ2n) is 7.09. The summed E-state index contributed by atoms with van der Waals surface area (Å²) in [5.41, 5.74) is 3.41. The molecule has 2 aliphatic rings. The van der Waals surface area contributed by atoms with Gasteiger partial charge in [0.05, 0.1) is 6.34 Å². The third-order valence-corrected chi connectivity index (χ3v) is 5.58. The number of thiophene rings is 1. The Labute approximate surface area is 163 Å². The highest BCUT2D eigenvalue weighted by Crippen LogP contribution is 2.28. The fraction of sp³-hybridized carbons (Fsp3) is 0.350. The highest BCUT2D eigenvalue weighted by Gasteiger charge is 2.36. The van der Waals surface area contributed by atoms with Crippen molar-refractivity contribution >= 4 is 17.7 Å². The summed E-state index contributed by atoms with van der Waals surface area (Å²) in [4.78, 5) is 6.90. The Kier molecular flexibility index (Phi) is 5.05. The van der Waals surface area contributed by atoms with E-state index in [4.69, 9.17) is 0 Å². The number of fused-ring (bicyclic) bond motifs is 1. The molecule has 0 fully saturated rings. The van der Waals surface area contributed by atoms with Crippen LogP contribution in [0.1, 0.15) is 31.1 Å². The first-order valence-electron chi connectivity index (χ1n) is 9.24. The summed E-state index contributed by atoms with van der Waals surface area (Å²) in [6.45, 7) is 5.14. The van der Waals surface area contributed by atoms with E-state index in [1.54, 1.807) is 23.5 Å². The van der Waals surface area contributed by atoms with Crippen LogP contribution < -0.4 is 16.0 Å². The highest BCUT2D eigenvalue weighted by molar-refractivity contribution is 7.07. The maximum absolute atomic E-state index is 9.42. The zero-order valence-electron chi connectivity index (χ0n) is 15.5. The number of phenolic OH excluding ortho intramolecular Hbond substituents is 1. The lowest BCUT2D eigenvalue weighted by molar-refractivity contribution is 0.225. The van der Waals surface area contributed by atoms with Crippen molar-refractivity contribution in [1.29, 1.82) is 0 Å². The van der Waals surface area contributed by atoms with Crippen LogP contribution in [0.15, 0.2) is 57.6 Å². The van der Waals surface area contributed by atoms with E-state index in [-0.39, 0.29) is 12.3 Å². The van der Waals surface area contributed by atoms with Crippen LogP contribution in [0.5, 0.6) is 5.75 Å². The van der Waals surface area contributed by atoms with Crippen LogP contribution in [-0.2, 0) is 6.42 Å². The molecule has 4 rings (SSSR count). The van der Waals surface area contributed by atoms with Crippen LogP contribution in [0.4, 0.5) is 0 Å². The molecule has 4 N–H and O–H groups in total. The minimum Gasteiger partial charge on any atom is -0.508 e. The third-order valence-electron chi connectivity index (χ3n) is 4.88. The fourth-order valence-corrected chi connectivity index (χ4v) is 4.06. The number of aromatic hydroxyl groups is 1. The predicted octanol–water partition coefficient (Wildman–Crippen LogP) is 2.72. The van der Waals surface area contributed by atoms with Crippen LogP contribution in [0.25, 0.3) is 0 Å². The molecule has 1 aromatic carbocycles. The van der Waals surface area contributed by atoms with Gasteiger partial charge in [0.25, 0.3) is 0 Å². The van der Waals surface area contributed by atoms with Crippen molar-refractivity contribution in [1.82, 2.24) is 20.9 Å². The summed E-state index contributed by atoms with van der Waals surface area (Å²) in [5.74, 6) is 1.28. The van der Waals surface area contributed by atoms with Crippen molar-refractivity contribution in [2.24, 2.45) is 4.99 Å². The summed E-state index contributed by atoms with van der Waals surface area (Å²) in [5, 5.41) is 24.4. The average Bonchev–Trinajstić information content (AvgIpc) is 3.33. The molecule has 3 heterocycles. The van der Waals surface area contributed by atoms with Gasteiger partial charge in [0, 0.05) is 12.6 Å². The lowest BCUT2D eigenvalue weighted by atomic mass is 10.1. The second kappa shape index (κ2) is 7.62. The van der Waals surface area contributed by atoms with Gasteiger partial charge < -0.3 is 20.6 Å². The van der Waals surface area contributed by atoms with Gasteiger partial charge in [0.2, 0.25) is 0 Å². The first kappa shape index (κ1) is 17.9. The minimum atomic E-state index is 0.0455. The Morgan fingerprint density at radius 3 is 2.78 bits per heavy atom. The largest absolute Gasteiger partial charge is 0.508 e. The molecule has 142 valence electrons. The number of hydrogen-bond acceptors (Lipinski definition) is 7. The molecule has 1 aromatic heterocycles. The van der Waals surface area contributed by atoms with Crippen LogP contribution in [0.3, 0.4) is 0 Å². The van der Waals surface area contributed by atoms with E-state index in [9.17, 15) is 5.11 Å². The quantitative estimate of drug-likeness (QED) is 0.617. The Morgan fingerprint density at radius 1 is 1.26 bits per heavy atom. The average molecular weight is 384 g/mol. The first-order chi connectivity index (χ1) is 13.1. The SMILES string of the molecule is CC(C)N1C=NC2=C(NCCc3ccc(O)cc3)NC(c3ccsc3)NC21. The number of nitrogens with zero attached hydrogens (tertiary/aromatic N) is 2. The molecule has 6 nitrogen and oxygen atoms in total. The fourth-order valence-electron chi connectivity index (χ4n) is 3.38. The Morgan fingerprint density at radius 2 is 2.07 bits per heavy atom. The zero-order chi connectivity index (χ0) is 18.8. The van der Waals surface area contributed by atoms with Gasteiger partial charge >= 0.3 is 0 Å². The number of rotatable bonds is 6. The van der Waals surface area contributed by atoms with Gasteiger partial charge in [0.15, 0.2) is 0 Å². The molecule has 0 saturated heterocycles. The summed E-state index contributed by atoms with van der Waals surface area (Å²) in [7, 11) is 0. The number of hydrogen-bond donors (Lipinski definition) is 4. The first-order valence-corrected chi connectivity index (χ1v) is 10.2. The monoisotopic (exact) mass is 383 g/mol. The number of aliphatic imine (C=N–C) groups is 1. The van der Waals surface area contributed by atoms with E-state index in [1.165, 1.54) is 11.1 Å². The molecule has 0 spiro atoms. The molecule has 0 amide bonds. The zero-order valence-corrected chi connectivity index (χ0v) is 16.3. The van der Waals surface area contributed by atoms with Gasteiger partial charge in [-0.2, -0.15) is 11.3 Å². The molecular formula is C20H25N5OS. The van der Waals surface area contributed by atoms with Crippen LogP contribution >= 0.6 is 11.3 Å². The number of benzene rings is 1. The maximum atomic E-state index is 9.42. The Bertz CT molecular complexity index is 829. The van der Waals surface area contributed by atoms with Crippen molar-refractivity contribution in [3.63, 3.8) is 0 Å².